The number of benzene rings is 1. The van der Waals surface area contributed by atoms with Crippen LogP contribution in [0.1, 0.15) is 25.3 Å². The smallest absolute Gasteiger partial charge is 0.313 e. The summed E-state index contributed by atoms with van der Waals surface area (Å²) in [5, 5.41) is 0. The van der Waals surface area contributed by atoms with E-state index < -0.39 is 5.92 Å². The van der Waals surface area contributed by atoms with Gasteiger partial charge in [0.1, 0.15) is 0 Å². The van der Waals surface area contributed by atoms with Crippen LogP contribution in [0, 0.1) is 0 Å². The van der Waals surface area contributed by atoms with Crippen LogP contribution in [0.15, 0.2) is 12.1 Å². The van der Waals surface area contributed by atoms with Gasteiger partial charge in [0.15, 0.2) is 11.5 Å². The summed E-state index contributed by atoms with van der Waals surface area (Å²) in [6.07, 6.45) is 0. The minimum Gasteiger partial charge on any atom is -0.493 e. The largest absolute Gasteiger partial charge is 0.493 e. The van der Waals surface area contributed by atoms with Crippen molar-refractivity contribution in [3.8, 4) is 17.2 Å². The van der Waals surface area contributed by atoms with Gasteiger partial charge in [-0.05, 0) is 31.5 Å². The zero-order chi connectivity index (χ0) is 14.4. The van der Waals surface area contributed by atoms with Crippen LogP contribution in [0.4, 0.5) is 0 Å². The Bertz CT molecular complexity index is 416. The number of esters is 1. The van der Waals surface area contributed by atoms with Crippen molar-refractivity contribution in [2.45, 2.75) is 19.8 Å². The number of carbonyl (C=O) groups is 1. The average Bonchev–Trinajstić information content (AvgIpc) is 2.44. The van der Waals surface area contributed by atoms with Crippen LogP contribution in [0.25, 0.3) is 0 Å². The zero-order valence-corrected chi connectivity index (χ0v) is 12.0. The number of ether oxygens (including phenoxy) is 4. The summed E-state index contributed by atoms with van der Waals surface area (Å²) in [7, 11) is 4.61. The highest BCUT2D eigenvalue weighted by molar-refractivity contribution is 5.78. The highest BCUT2D eigenvalue weighted by atomic mass is 16.5. The molecule has 0 spiro atoms. The fraction of sp³-hybridized carbons (Fsp3) is 0.500. The average molecular weight is 268 g/mol. The second-order valence-corrected chi connectivity index (χ2v) is 3.93. The van der Waals surface area contributed by atoms with Crippen molar-refractivity contribution >= 4 is 5.97 Å². The molecule has 0 fully saturated rings. The summed E-state index contributed by atoms with van der Waals surface area (Å²) in [5.74, 6) is 0.872. The van der Waals surface area contributed by atoms with E-state index in [-0.39, 0.29) is 5.97 Å². The maximum absolute atomic E-state index is 11.8. The molecule has 0 aliphatic rings. The molecule has 5 heteroatoms. The molecule has 0 aliphatic carbocycles. The predicted molar refractivity (Wildman–Crippen MR) is 71.1 cm³/mol. The fourth-order valence-electron chi connectivity index (χ4n) is 1.75. The van der Waals surface area contributed by atoms with Crippen molar-refractivity contribution in [3.63, 3.8) is 0 Å². The Labute approximate surface area is 113 Å². The first-order chi connectivity index (χ1) is 9.08. The Morgan fingerprint density at radius 1 is 1.11 bits per heavy atom. The van der Waals surface area contributed by atoms with Crippen LogP contribution in [0.2, 0.25) is 0 Å². The van der Waals surface area contributed by atoms with Crippen molar-refractivity contribution in [2.75, 3.05) is 27.9 Å². The van der Waals surface area contributed by atoms with Gasteiger partial charge in [-0.1, -0.05) is 0 Å². The third-order valence-corrected chi connectivity index (χ3v) is 2.83. The Morgan fingerprint density at radius 2 is 1.63 bits per heavy atom. The van der Waals surface area contributed by atoms with Crippen molar-refractivity contribution in [1.82, 2.24) is 0 Å². The van der Waals surface area contributed by atoms with Crippen molar-refractivity contribution in [1.29, 1.82) is 0 Å². The van der Waals surface area contributed by atoms with Crippen molar-refractivity contribution in [3.05, 3.63) is 17.7 Å². The molecule has 1 aromatic rings. The normalized spacial score (nSPS) is 11.6. The lowest BCUT2D eigenvalue weighted by atomic mass is 10.0. The Kier molecular flexibility index (Phi) is 5.48. The van der Waals surface area contributed by atoms with Crippen LogP contribution >= 0.6 is 0 Å². The molecule has 1 rings (SSSR count). The lowest BCUT2D eigenvalue weighted by molar-refractivity contribution is -0.144. The molecular formula is C14H20O5. The molecule has 0 saturated heterocycles. The molecule has 1 aromatic carbocycles. The van der Waals surface area contributed by atoms with Gasteiger partial charge in [0, 0.05) is 0 Å². The van der Waals surface area contributed by atoms with E-state index in [2.05, 4.69) is 0 Å². The van der Waals surface area contributed by atoms with Crippen LogP contribution in [0.5, 0.6) is 17.2 Å². The van der Waals surface area contributed by atoms with E-state index in [0.717, 1.165) is 5.56 Å². The summed E-state index contributed by atoms with van der Waals surface area (Å²) in [4.78, 5) is 11.8. The summed E-state index contributed by atoms with van der Waals surface area (Å²) < 4.78 is 20.7. The van der Waals surface area contributed by atoms with Gasteiger partial charge in [-0.15, -0.1) is 0 Å². The molecular weight excluding hydrogens is 248 g/mol. The minimum absolute atomic E-state index is 0.281. The molecule has 0 aromatic heterocycles. The third-order valence-electron chi connectivity index (χ3n) is 2.83. The molecule has 0 bridgehead atoms. The molecule has 0 saturated carbocycles. The maximum atomic E-state index is 11.8. The lowest BCUT2D eigenvalue weighted by Crippen LogP contribution is -2.13. The quantitative estimate of drug-likeness (QED) is 0.741. The molecule has 1 atom stereocenters. The first-order valence-corrected chi connectivity index (χ1v) is 6.05. The highest BCUT2D eigenvalue weighted by Gasteiger charge is 2.21. The lowest BCUT2D eigenvalue weighted by Gasteiger charge is -2.16. The number of methoxy groups -OCH3 is 3. The first kappa shape index (κ1) is 15.1. The Balaban J connectivity index is 3.18. The van der Waals surface area contributed by atoms with E-state index in [0.29, 0.717) is 23.9 Å². The van der Waals surface area contributed by atoms with Gasteiger partial charge < -0.3 is 18.9 Å². The molecule has 19 heavy (non-hydrogen) atoms. The maximum Gasteiger partial charge on any atom is 0.313 e. The highest BCUT2D eigenvalue weighted by Crippen LogP contribution is 2.40. The number of hydrogen-bond acceptors (Lipinski definition) is 5. The van der Waals surface area contributed by atoms with Crippen molar-refractivity contribution < 1.29 is 23.7 Å². The van der Waals surface area contributed by atoms with E-state index in [1.165, 1.54) is 21.3 Å². The van der Waals surface area contributed by atoms with Gasteiger partial charge in [-0.3, -0.25) is 4.79 Å². The fourth-order valence-corrected chi connectivity index (χ4v) is 1.75. The van der Waals surface area contributed by atoms with Gasteiger partial charge in [0.25, 0.3) is 0 Å². The van der Waals surface area contributed by atoms with Crippen LogP contribution in [-0.4, -0.2) is 33.9 Å². The number of rotatable bonds is 6. The van der Waals surface area contributed by atoms with Gasteiger partial charge in [0.2, 0.25) is 5.75 Å². The van der Waals surface area contributed by atoms with E-state index in [1.54, 1.807) is 26.0 Å². The van der Waals surface area contributed by atoms with Gasteiger partial charge in [0.05, 0.1) is 33.9 Å². The first-order valence-electron chi connectivity index (χ1n) is 6.05. The van der Waals surface area contributed by atoms with E-state index in [4.69, 9.17) is 18.9 Å². The molecule has 0 unspecified atom stereocenters. The Hall–Kier alpha value is -1.91. The summed E-state index contributed by atoms with van der Waals surface area (Å²) >= 11 is 0. The summed E-state index contributed by atoms with van der Waals surface area (Å²) in [5.41, 5.74) is 0.757. The Morgan fingerprint density at radius 3 is 2.00 bits per heavy atom. The van der Waals surface area contributed by atoms with E-state index in [9.17, 15) is 4.79 Å². The molecule has 0 aliphatic heterocycles. The van der Waals surface area contributed by atoms with Gasteiger partial charge in [-0.2, -0.15) is 0 Å². The van der Waals surface area contributed by atoms with Crippen LogP contribution in [0.3, 0.4) is 0 Å². The SMILES string of the molecule is CCOC(=O)[C@H](C)c1cc(OC)c(OC)c(OC)c1. The molecule has 106 valence electrons. The van der Waals surface area contributed by atoms with E-state index >= 15 is 0 Å². The summed E-state index contributed by atoms with van der Waals surface area (Å²) in [6, 6.07) is 3.51. The predicted octanol–water partition coefficient (Wildman–Crippen LogP) is 2.38. The monoisotopic (exact) mass is 268 g/mol. The van der Waals surface area contributed by atoms with Crippen LogP contribution < -0.4 is 14.2 Å². The van der Waals surface area contributed by atoms with Crippen molar-refractivity contribution in [2.24, 2.45) is 0 Å². The standard InChI is InChI=1S/C14H20O5/c1-6-19-14(15)9(2)10-7-11(16-3)13(18-5)12(8-10)17-4/h7-9H,6H2,1-5H3/t9-/m1/s1. The minimum atomic E-state index is -0.395. The molecule has 5 nitrogen and oxygen atoms in total. The second kappa shape index (κ2) is 6.87. The molecule has 0 radical (unpaired) electrons. The zero-order valence-electron chi connectivity index (χ0n) is 12.0. The van der Waals surface area contributed by atoms with Gasteiger partial charge >= 0.3 is 5.97 Å². The third kappa shape index (κ3) is 3.30. The van der Waals surface area contributed by atoms with E-state index in [1.807, 2.05) is 0 Å². The van der Waals surface area contributed by atoms with Crippen LogP contribution in [-0.2, 0) is 9.53 Å². The second-order valence-electron chi connectivity index (χ2n) is 3.93. The number of hydrogen-bond donors (Lipinski definition) is 0. The topological polar surface area (TPSA) is 54.0 Å². The van der Waals surface area contributed by atoms with Gasteiger partial charge in [-0.25, -0.2) is 0 Å². The molecule has 0 N–H and O–H groups in total. The molecule has 0 amide bonds. The molecule has 0 heterocycles. The summed E-state index contributed by atoms with van der Waals surface area (Å²) in [6.45, 7) is 3.91. The number of carbonyl (C=O) groups excluding carboxylic acids is 1.